The number of nitrogens with two attached hydrogens (primary N) is 2. The molecule has 0 fully saturated rings. The molecule has 9 heteroatoms. The molecule has 3 aromatic rings. The van der Waals surface area contributed by atoms with E-state index in [4.69, 9.17) is 26.1 Å². The van der Waals surface area contributed by atoms with Crippen LogP contribution in [0.15, 0.2) is 41.6 Å². The van der Waals surface area contributed by atoms with Crippen LogP contribution in [0.3, 0.4) is 0 Å². The second-order valence-corrected chi connectivity index (χ2v) is 5.35. The van der Waals surface area contributed by atoms with Crippen molar-refractivity contribution in [1.29, 1.82) is 0 Å². The van der Waals surface area contributed by atoms with E-state index in [1.807, 2.05) is 6.07 Å². The Bertz CT molecular complexity index is 990. The van der Waals surface area contributed by atoms with Gasteiger partial charge >= 0.3 is 0 Å². The molecule has 0 saturated heterocycles. The number of methoxy groups -OCH3 is 2. The number of aromatic nitrogens is 2. The number of benzene rings is 2. The molecule has 0 amide bonds. The topological polar surface area (TPSA) is 141 Å². The van der Waals surface area contributed by atoms with Crippen LogP contribution in [-0.4, -0.2) is 35.2 Å². The maximum absolute atomic E-state index is 8.83. The number of oxime groups is 1. The van der Waals surface area contributed by atoms with Crippen molar-refractivity contribution >= 4 is 34.2 Å². The summed E-state index contributed by atoms with van der Waals surface area (Å²) in [5, 5.41) is 15.7. The molecular formula is C17H18N6O3. The monoisotopic (exact) mass is 354 g/mol. The second-order valence-electron chi connectivity index (χ2n) is 5.35. The summed E-state index contributed by atoms with van der Waals surface area (Å²) in [5.41, 5.74) is 13.3. The summed E-state index contributed by atoms with van der Waals surface area (Å²) >= 11 is 0. The Morgan fingerprint density at radius 1 is 1.12 bits per heavy atom. The van der Waals surface area contributed by atoms with Crippen LogP contribution < -0.4 is 26.3 Å². The minimum Gasteiger partial charge on any atom is -0.493 e. The van der Waals surface area contributed by atoms with Gasteiger partial charge < -0.3 is 31.5 Å². The Morgan fingerprint density at radius 3 is 2.54 bits per heavy atom. The number of amidine groups is 1. The van der Waals surface area contributed by atoms with E-state index in [2.05, 4.69) is 20.4 Å². The third-order valence-corrected chi connectivity index (χ3v) is 3.75. The number of anilines is 3. The van der Waals surface area contributed by atoms with Gasteiger partial charge in [0.1, 0.15) is 5.82 Å². The van der Waals surface area contributed by atoms with Crippen molar-refractivity contribution in [2.45, 2.75) is 0 Å². The summed E-state index contributed by atoms with van der Waals surface area (Å²) in [6.45, 7) is 0. The lowest BCUT2D eigenvalue weighted by atomic mass is 10.1. The van der Waals surface area contributed by atoms with E-state index in [0.29, 0.717) is 39.5 Å². The van der Waals surface area contributed by atoms with Crippen LogP contribution in [0.1, 0.15) is 5.56 Å². The van der Waals surface area contributed by atoms with Crippen LogP contribution in [-0.2, 0) is 0 Å². The predicted molar refractivity (Wildman–Crippen MR) is 99.3 cm³/mol. The van der Waals surface area contributed by atoms with Gasteiger partial charge in [-0.05, 0) is 18.2 Å². The lowest BCUT2D eigenvalue weighted by Crippen LogP contribution is -2.13. The van der Waals surface area contributed by atoms with Gasteiger partial charge in [-0.25, -0.2) is 4.98 Å². The normalized spacial score (nSPS) is 11.4. The van der Waals surface area contributed by atoms with Crippen LogP contribution in [0, 0.1) is 0 Å². The minimum absolute atomic E-state index is 0.00659. The van der Waals surface area contributed by atoms with E-state index in [1.165, 1.54) is 0 Å². The van der Waals surface area contributed by atoms with E-state index < -0.39 is 0 Å². The lowest BCUT2D eigenvalue weighted by Gasteiger charge is -2.13. The largest absolute Gasteiger partial charge is 0.493 e. The maximum Gasteiger partial charge on any atom is 0.222 e. The first kappa shape index (κ1) is 17.1. The standard InChI is InChI=1S/C17H18N6O3/c1-25-13-7-11-12(8-14(13)26-2)21-17(19)22-16(11)20-10-5-3-4-9(6-10)15(18)23-24/h3-8,24H,1-2H3,(H2,18,23)(H3,19,20,21,22). The zero-order valence-electron chi connectivity index (χ0n) is 14.2. The van der Waals surface area contributed by atoms with Crippen molar-refractivity contribution in [3.8, 4) is 11.5 Å². The van der Waals surface area contributed by atoms with E-state index in [-0.39, 0.29) is 11.8 Å². The number of rotatable bonds is 5. The first-order valence-electron chi connectivity index (χ1n) is 7.60. The second kappa shape index (κ2) is 7.01. The molecule has 0 aliphatic heterocycles. The van der Waals surface area contributed by atoms with Crippen molar-refractivity contribution in [1.82, 2.24) is 9.97 Å². The summed E-state index contributed by atoms with van der Waals surface area (Å²) in [6.07, 6.45) is 0. The van der Waals surface area contributed by atoms with Gasteiger partial charge in [0.15, 0.2) is 17.3 Å². The summed E-state index contributed by atoms with van der Waals surface area (Å²) in [6, 6.07) is 10.5. The van der Waals surface area contributed by atoms with Gasteiger partial charge in [-0.2, -0.15) is 4.98 Å². The number of nitrogens with zero attached hydrogens (tertiary/aromatic N) is 3. The average molecular weight is 354 g/mol. The smallest absolute Gasteiger partial charge is 0.222 e. The Kier molecular flexibility index (Phi) is 4.61. The molecule has 0 unspecified atom stereocenters. The Labute approximate surface area is 149 Å². The molecule has 0 bridgehead atoms. The van der Waals surface area contributed by atoms with Gasteiger partial charge in [-0.15, -0.1) is 0 Å². The summed E-state index contributed by atoms with van der Waals surface area (Å²) in [5.74, 6) is 1.69. The zero-order chi connectivity index (χ0) is 18.7. The van der Waals surface area contributed by atoms with Crippen LogP contribution in [0.4, 0.5) is 17.5 Å². The van der Waals surface area contributed by atoms with E-state index >= 15 is 0 Å². The number of hydrogen-bond donors (Lipinski definition) is 4. The van der Waals surface area contributed by atoms with Crippen LogP contribution in [0.25, 0.3) is 10.9 Å². The molecule has 2 aromatic carbocycles. The Morgan fingerprint density at radius 2 is 1.85 bits per heavy atom. The molecule has 0 aliphatic rings. The van der Waals surface area contributed by atoms with Gasteiger partial charge in [-0.3, -0.25) is 0 Å². The SMILES string of the molecule is COc1cc2nc(N)nc(Nc3cccc(C(N)=NO)c3)c2cc1OC. The van der Waals surface area contributed by atoms with Crippen LogP contribution in [0.2, 0.25) is 0 Å². The van der Waals surface area contributed by atoms with Gasteiger partial charge in [-0.1, -0.05) is 17.3 Å². The molecule has 0 spiro atoms. The van der Waals surface area contributed by atoms with Crippen LogP contribution in [0.5, 0.6) is 11.5 Å². The minimum atomic E-state index is 0.00659. The fraction of sp³-hybridized carbons (Fsp3) is 0.118. The van der Waals surface area contributed by atoms with Gasteiger partial charge in [0.05, 0.1) is 19.7 Å². The molecule has 1 aromatic heterocycles. The predicted octanol–water partition coefficient (Wildman–Crippen LogP) is 2.07. The van der Waals surface area contributed by atoms with Gasteiger partial charge in [0.25, 0.3) is 0 Å². The Balaban J connectivity index is 2.10. The Hall–Kier alpha value is -3.75. The first-order valence-corrected chi connectivity index (χ1v) is 7.60. The number of ether oxygens (including phenoxy) is 2. The quantitative estimate of drug-likeness (QED) is 0.236. The highest BCUT2D eigenvalue weighted by Gasteiger charge is 2.13. The van der Waals surface area contributed by atoms with E-state index in [9.17, 15) is 0 Å². The molecule has 1 heterocycles. The van der Waals surface area contributed by atoms with Crippen molar-refractivity contribution < 1.29 is 14.7 Å². The van der Waals surface area contributed by atoms with Crippen molar-refractivity contribution in [3.05, 3.63) is 42.0 Å². The average Bonchev–Trinajstić information content (AvgIpc) is 2.66. The molecule has 134 valence electrons. The summed E-state index contributed by atoms with van der Waals surface area (Å²) < 4.78 is 10.6. The van der Waals surface area contributed by atoms with Gasteiger partial charge in [0.2, 0.25) is 5.95 Å². The molecule has 6 N–H and O–H groups in total. The molecule has 26 heavy (non-hydrogen) atoms. The third-order valence-electron chi connectivity index (χ3n) is 3.75. The molecular weight excluding hydrogens is 336 g/mol. The summed E-state index contributed by atoms with van der Waals surface area (Å²) in [7, 11) is 3.10. The molecule has 3 rings (SSSR count). The molecule has 9 nitrogen and oxygen atoms in total. The highest BCUT2D eigenvalue weighted by atomic mass is 16.5. The van der Waals surface area contributed by atoms with E-state index in [1.54, 1.807) is 44.6 Å². The number of nitrogen functional groups attached to an aromatic ring is 1. The maximum atomic E-state index is 8.83. The number of fused-ring (bicyclic) bond motifs is 1. The molecule has 0 radical (unpaired) electrons. The molecule has 0 saturated carbocycles. The zero-order valence-corrected chi connectivity index (χ0v) is 14.2. The first-order chi connectivity index (χ1) is 12.5. The van der Waals surface area contributed by atoms with Gasteiger partial charge in [0, 0.05) is 22.7 Å². The van der Waals surface area contributed by atoms with Crippen molar-refractivity contribution in [2.75, 3.05) is 25.3 Å². The van der Waals surface area contributed by atoms with E-state index in [0.717, 1.165) is 0 Å². The summed E-state index contributed by atoms with van der Waals surface area (Å²) in [4.78, 5) is 8.51. The van der Waals surface area contributed by atoms with Crippen molar-refractivity contribution in [2.24, 2.45) is 10.9 Å². The fourth-order valence-corrected chi connectivity index (χ4v) is 2.52. The van der Waals surface area contributed by atoms with Crippen molar-refractivity contribution in [3.63, 3.8) is 0 Å². The third kappa shape index (κ3) is 3.22. The number of nitrogens with one attached hydrogen (secondary N) is 1. The highest BCUT2D eigenvalue weighted by Crippen LogP contribution is 2.35. The van der Waals surface area contributed by atoms with Crippen LogP contribution >= 0.6 is 0 Å². The lowest BCUT2D eigenvalue weighted by molar-refractivity contribution is 0.318. The number of hydrogen-bond acceptors (Lipinski definition) is 8. The highest BCUT2D eigenvalue weighted by molar-refractivity contribution is 5.98. The fourth-order valence-electron chi connectivity index (χ4n) is 2.52. The molecule has 0 aliphatic carbocycles. The molecule has 0 atom stereocenters.